The molecule has 0 aliphatic rings. The first-order valence-corrected chi connectivity index (χ1v) is 8.21. The number of rotatable bonds is 3. The van der Waals surface area contributed by atoms with Gasteiger partial charge in [0.15, 0.2) is 0 Å². The number of thioether (sulfide) groups is 1. The molecule has 0 heterocycles. The van der Waals surface area contributed by atoms with Crippen molar-refractivity contribution in [2.24, 2.45) is 0 Å². The van der Waals surface area contributed by atoms with Gasteiger partial charge in [0, 0.05) is 16.0 Å². The van der Waals surface area contributed by atoms with Crippen molar-refractivity contribution in [3.63, 3.8) is 0 Å². The number of phenols is 1. The van der Waals surface area contributed by atoms with Crippen molar-refractivity contribution in [1.82, 2.24) is 0 Å². The third-order valence-corrected chi connectivity index (χ3v) is 5.29. The number of benzene rings is 3. The van der Waals surface area contributed by atoms with E-state index in [9.17, 15) is 9.50 Å². The molecule has 0 radical (unpaired) electrons. The van der Waals surface area contributed by atoms with Crippen LogP contribution in [0.3, 0.4) is 0 Å². The van der Waals surface area contributed by atoms with E-state index in [0.29, 0.717) is 10.2 Å². The second-order valence-electron chi connectivity index (χ2n) is 4.63. The standard InChI is InChI=1S/C17H12BrFOS/c18-17-11(4-3-7-14(17)19)10-21-16-9-8-15(20)12-5-1-2-6-13(12)16/h1-9,20H,10H2. The Hall–Kier alpha value is -1.52. The Balaban J connectivity index is 1.92. The molecule has 0 aromatic heterocycles. The molecule has 0 saturated carbocycles. The summed E-state index contributed by atoms with van der Waals surface area (Å²) in [5, 5.41) is 11.7. The maximum absolute atomic E-state index is 13.5. The summed E-state index contributed by atoms with van der Waals surface area (Å²) in [6.07, 6.45) is 0. The van der Waals surface area contributed by atoms with E-state index in [2.05, 4.69) is 15.9 Å². The summed E-state index contributed by atoms with van der Waals surface area (Å²) < 4.78 is 14.0. The van der Waals surface area contributed by atoms with E-state index >= 15 is 0 Å². The van der Waals surface area contributed by atoms with E-state index in [0.717, 1.165) is 21.2 Å². The van der Waals surface area contributed by atoms with Crippen molar-refractivity contribution in [3.05, 3.63) is 70.5 Å². The fourth-order valence-corrected chi connectivity index (χ4v) is 3.84. The van der Waals surface area contributed by atoms with Gasteiger partial charge in [0.25, 0.3) is 0 Å². The van der Waals surface area contributed by atoms with Gasteiger partial charge in [-0.1, -0.05) is 36.4 Å². The van der Waals surface area contributed by atoms with Crippen molar-refractivity contribution >= 4 is 38.5 Å². The van der Waals surface area contributed by atoms with Gasteiger partial charge in [-0.2, -0.15) is 0 Å². The number of phenolic OH excluding ortho intramolecular Hbond substituents is 1. The molecule has 0 atom stereocenters. The molecular weight excluding hydrogens is 351 g/mol. The van der Waals surface area contributed by atoms with Crippen molar-refractivity contribution in [2.75, 3.05) is 0 Å². The van der Waals surface area contributed by atoms with Gasteiger partial charge in [-0.25, -0.2) is 4.39 Å². The molecule has 0 aliphatic heterocycles. The average molecular weight is 363 g/mol. The zero-order valence-electron chi connectivity index (χ0n) is 11.0. The molecule has 0 spiro atoms. The summed E-state index contributed by atoms with van der Waals surface area (Å²) >= 11 is 4.91. The van der Waals surface area contributed by atoms with Crippen LogP contribution in [-0.4, -0.2) is 5.11 Å². The van der Waals surface area contributed by atoms with E-state index in [1.54, 1.807) is 23.9 Å². The smallest absolute Gasteiger partial charge is 0.137 e. The molecule has 1 nitrogen and oxygen atoms in total. The maximum Gasteiger partial charge on any atom is 0.137 e. The van der Waals surface area contributed by atoms with Gasteiger partial charge in [-0.05, 0) is 45.1 Å². The lowest BCUT2D eigenvalue weighted by Gasteiger charge is -2.09. The van der Waals surface area contributed by atoms with Crippen LogP contribution < -0.4 is 0 Å². The third-order valence-electron chi connectivity index (χ3n) is 3.28. The number of hydrogen-bond acceptors (Lipinski definition) is 2. The predicted octanol–water partition coefficient (Wildman–Crippen LogP) is 5.74. The Kier molecular flexibility index (Phi) is 4.17. The normalized spacial score (nSPS) is 11.0. The molecule has 0 saturated heterocycles. The first-order valence-electron chi connectivity index (χ1n) is 6.43. The quantitative estimate of drug-likeness (QED) is 0.599. The topological polar surface area (TPSA) is 20.2 Å². The average Bonchev–Trinajstić information content (AvgIpc) is 2.51. The van der Waals surface area contributed by atoms with E-state index in [1.165, 1.54) is 6.07 Å². The van der Waals surface area contributed by atoms with Crippen LogP contribution in [0.25, 0.3) is 10.8 Å². The Labute approximate surface area is 134 Å². The second-order valence-corrected chi connectivity index (χ2v) is 6.44. The highest BCUT2D eigenvalue weighted by Gasteiger charge is 2.08. The van der Waals surface area contributed by atoms with Crippen LogP contribution in [0.15, 0.2) is 64.0 Å². The minimum absolute atomic E-state index is 0.247. The van der Waals surface area contributed by atoms with Gasteiger partial charge in [-0.3, -0.25) is 0 Å². The van der Waals surface area contributed by atoms with Crippen LogP contribution in [0.2, 0.25) is 0 Å². The van der Waals surface area contributed by atoms with E-state index in [4.69, 9.17) is 0 Å². The summed E-state index contributed by atoms with van der Waals surface area (Å²) in [6, 6.07) is 16.4. The SMILES string of the molecule is Oc1ccc(SCc2cccc(F)c2Br)c2ccccc12. The van der Waals surface area contributed by atoms with Crippen molar-refractivity contribution in [2.45, 2.75) is 10.6 Å². The van der Waals surface area contributed by atoms with Gasteiger partial charge in [-0.15, -0.1) is 11.8 Å². The van der Waals surface area contributed by atoms with Gasteiger partial charge in [0.1, 0.15) is 11.6 Å². The molecule has 106 valence electrons. The van der Waals surface area contributed by atoms with Gasteiger partial charge in [0.05, 0.1) is 4.47 Å². The Morgan fingerprint density at radius 3 is 2.52 bits per heavy atom. The number of halogens is 2. The van der Waals surface area contributed by atoms with Gasteiger partial charge in [0.2, 0.25) is 0 Å². The highest BCUT2D eigenvalue weighted by Crippen LogP contribution is 2.36. The van der Waals surface area contributed by atoms with Crippen LogP contribution in [-0.2, 0) is 5.75 Å². The van der Waals surface area contributed by atoms with E-state index in [1.807, 2.05) is 36.4 Å². The van der Waals surface area contributed by atoms with E-state index < -0.39 is 0 Å². The number of fused-ring (bicyclic) bond motifs is 1. The minimum atomic E-state index is -0.247. The highest BCUT2D eigenvalue weighted by atomic mass is 79.9. The predicted molar refractivity (Wildman–Crippen MR) is 89.3 cm³/mol. The minimum Gasteiger partial charge on any atom is -0.507 e. The van der Waals surface area contributed by atoms with Gasteiger partial charge >= 0.3 is 0 Å². The Morgan fingerprint density at radius 1 is 0.952 bits per heavy atom. The summed E-state index contributed by atoms with van der Waals surface area (Å²) in [6.45, 7) is 0. The van der Waals surface area contributed by atoms with Crippen LogP contribution in [0.4, 0.5) is 4.39 Å². The molecule has 1 N–H and O–H groups in total. The fourth-order valence-electron chi connectivity index (χ4n) is 2.20. The number of hydrogen-bond donors (Lipinski definition) is 1. The second kappa shape index (κ2) is 6.08. The van der Waals surface area contributed by atoms with Gasteiger partial charge < -0.3 is 5.11 Å². The lowest BCUT2D eigenvalue weighted by molar-refractivity contribution is 0.481. The molecule has 0 unspecified atom stereocenters. The summed E-state index contributed by atoms with van der Waals surface area (Å²) in [4.78, 5) is 1.07. The van der Waals surface area contributed by atoms with Crippen LogP contribution in [0.5, 0.6) is 5.75 Å². The molecule has 3 rings (SSSR count). The van der Waals surface area contributed by atoms with Crippen LogP contribution in [0, 0.1) is 5.82 Å². The molecule has 0 amide bonds. The summed E-state index contributed by atoms with van der Waals surface area (Å²) in [5.41, 5.74) is 0.914. The lowest BCUT2D eigenvalue weighted by Crippen LogP contribution is -1.87. The first kappa shape index (κ1) is 14.4. The zero-order chi connectivity index (χ0) is 14.8. The van der Waals surface area contributed by atoms with Crippen molar-refractivity contribution < 1.29 is 9.50 Å². The number of aromatic hydroxyl groups is 1. The summed E-state index contributed by atoms with van der Waals surface area (Å²) in [5.74, 6) is 0.693. The molecule has 3 aromatic carbocycles. The molecule has 21 heavy (non-hydrogen) atoms. The fraction of sp³-hybridized carbons (Fsp3) is 0.0588. The largest absolute Gasteiger partial charge is 0.507 e. The van der Waals surface area contributed by atoms with Crippen LogP contribution >= 0.6 is 27.7 Å². The van der Waals surface area contributed by atoms with Crippen molar-refractivity contribution in [1.29, 1.82) is 0 Å². The third kappa shape index (κ3) is 2.92. The molecular formula is C17H12BrFOS. The first-order chi connectivity index (χ1) is 10.2. The Morgan fingerprint density at radius 2 is 1.71 bits per heavy atom. The lowest BCUT2D eigenvalue weighted by atomic mass is 10.1. The highest BCUT2D eigenvalue weighted by molar-refractivity contribution is 9.10. The maximum atomic E-state index is 13.5. The molecule has 0 bridgehead atoms. The molecule has 0 aliphatic carbocycles. The zero-order valence-corrected chi connectivity index (χ0v) is 13.4. The molecule has 0 fully saturated rings. The van der Waals surface area contributed by atoms with Crippen molar-refractivity contribution in [3.8, 4) is 5.75 Å². The van der Waals surface area contributed by atoms with Crippen LogP contribution in [0.1, 0.15) is 5.56 Å². The van der Waals surface area contributed by atoms with E-state index in [-0.39, 0.29) is 11.6 Å². The molecule has 3 aromatic rings. The molecule has 4 heteroatoms. The summed E-state index contributed by atoms with van der Waals surface area (Å²) in [7, 11) is 0. The monoisotopic (exact) mass is 362 g/mol. The Bertz CT molecular complexity index is 804.